The summed E-state index contributed by atoms with van der Waals surface area (Å²) in [6.45, 7) is 0. The Labute approximate surface area is 160 Å². The Morgan fingerprint density at radius 2 is 1.54 bits per heavy atom. The van der Waals surface area contributed by atoms with Crippen LogP contribution in [-0.4, -0.2) is 23.2 Å². The van der Waals surface area contributed by atoms with E-state index in [4.69, 9.17) is 0 Å². The van der Waals surface area contributed by atoms with Gasteiger partial charge in [-0.1, -0.05) is 30.3 Å². The van der Waals surface area contributed by atoms with Crippen molar-refractivity contribution in [3.05, 3.63) is 66.7 Å². The van der Waals surface area contributed by atoms with E-state index in [1.54, 1.807) is 36.4 Å². The molecule has 0 aromatic heterocycles. The SMILES string of the molecule is O=S(=O)(O)c1cccc2cccc(N=Nc3c(O)ccc4cc(O)ccc34)c12. The van der Waals surface area contributed by atoms with Gasteiger partial charge in [-0.25, -0.2) is 0 Å². The van der Waals surface area contributed by atoms with Crippen LogP contribution in [0.25, 0.3) is 21.5 Å². The molecule has 3 N–H and O–H groups in total. The number of phenols is 2. The van der Waals surface area contributed by atoms with Crippen molar-refractivity contribution in [3.63, 3.8) is 0 Å². The molecule has 4 aromatic rings. The highest BCUT2D eigenvalue weighted by Crippen LogP contribution is 2.39. The summed E-state index contributed by atoms with van der Waals surface area (Å²) in [5.74, 6) is -0.0369. The van der Waals surface area contributed by atoms with Gasteiger partial charge in [0.1, 0.15) is 22.1 Å². The molecule has 28 heavy (non-hydrogen) atoms. The summed E-state index contributed by atoms with van der Waals surface area (Å²) in [4.78, 5) is -0.272. The number of aromatic hydroxyl groups is 2. The zero-order chi connectivity index (χ0) is 19.9. The summed E-state index contributed by atoms with van der Waals surface area (Å²) >= 11 is 0. The van der Waals surface area contributed by atoms with Gasteiger partial charge in [0.05, 0.1) is 5.69 Å². The van der Waals surface area contributed by atoms with Crippen LogP contribution in [0.15, 0.2) is 81.9 Å². The first-order valence-electron chi connectivity index (χ1n) is 8.20. The van der Waals surface area contributed by atoms with Crippen molar-refractivity contribution in [1.82, 2.24) is 0 Å². The Morgan fingerprint density at radius 1 is 0.786 bits per heavy atom. The molecule has 0 heterocycles. The third-order valence-corrected chi connectivity index (χ3v) is 5.23. The van der Waals surface area contributed by atoms with Gasteiger partial charge in [0.2, 0.25) is 0 Å². The molecule has 0 bridgehead atoms. The fraction of sp³-hybridized carbons (Fsp3) is 0. The Balaban J connectivity index is 1.94. The number of benzene rings is 4. The predicted octanol–water partition coefficient (Wildman–Crippen LogP) is 5.07. The maximum absolute atomic E-state index is 11.8. The van der Waals surface area contributed by atoms with E-state index >= 15 is 0 Å². The van der Waals surface area contributed by atoms with E-state index in [1.807, 2.05) is 0 Å². The van der Waals surface area contributed by atoms with Gasteiger partial charge in [0.25, 0.3) is 10.1 Å². The molecule has 0 aliphatic heterocycles. The minimum absolute atomic E-state index is 0.0768. The van der Waals surface area contributed by atoms with Crippen molar-refractivity contribution < 1.29 is 23.2 Å². The van der Waals surface area contributed by atoms with Crippen molar-refractivity contribution in [2.45, 2.75) is 4.90 Å². The van der Waals surface area contributed by atoms with Gasteiger partial charge in [-0.15, -0.1) is 10.2 Å². The first kappa shape index (κ1) is 17.9. The summed E-state index contributed by atoms with van der Waals surface area (Å²) in [5, 5.41) is 30.1. The molecule has 140 valence electrons. The second-order valence-corrected chi connectivity index (χ2v) is 7.54. The molecular weight excluding hydrogens is 380 g/mol. The fourth-order valence-corrected chi connectivity index (χ4v) is 3.81. The topological polar surface area (TPSA) is 120 Å². The van der Waals surface area contributed by atoms with Crippen molar-refractivity contribution in [2.24, 2.45) is 10.2 Å². The standard InChI is InChI=1S/C20H14N2O5S/c23-14-8-9-15-13(11-14)7-10-17(24)20(15)22-21-16-5-1-3-12-4-2-6-18(19(12)16)28(25,26)27/h1-11,23-24H,(H,25,26,27). The van der Waals surface area contributed by atoms with E-state index in [0.717, 1.165) is 0 Å². The van der Waals surface area contributed by atoms with E-state index in [2.05, 4.69) is 10.2 Å². The van der Waals surface area contributed by atoms with Gasteiger partial charge in [0, 0.05) is 10.8 Å². The predicted molar refractivity (Wildman–Crippen MR) is 105 cm³/mol. The maximum Gasteiger partial charge on any atom is 0.295 e. The normalized spacial score (nSPS) is 12.2. The molecule has 0 aliphatic rings. The number of phenolic OH excluding ortho intramolecular Hbond substituents is 2. The van der Waals surface area contributed by atoms with Crippen molar-refractivity contribution in [2.75, 3.05) is 0 Å². The first-order chi connectivity index (χ1) is 13.3. The molecule has 4 aromatic carbocycles. The molecule has 8 heteroatoms. The van der Waals surface area contributed by atoms with Crippen LogP contribution in [0.5, 0.6) is 11.5 Å². The molecule has 0 saturated carbocycles. The number of rotatable bonds is 3. The Morgan fingerprint density at radius 3 is 2.29 bits per heavy atom. The quantitative estimate of drug-likeness (QED) is 0.331. The lowest BCUT2D eigenvalue weighted by molar-refractivity contribution is 0.474. The van der Waals surface area contributed by atoms with Crippen LogP contribution < -0.4 is 0 Å². The highest BCUT2D eigenvalue weighted by atomic mass is 32.2. The van der Waals surface area contributed by atoms with E-state index < -0.39 is 10.1 Å². The molecular formula is C20H14N2O5S. The molecule has 0 saturated heterocycles. The zero-order valence-electron chi connectivity index (χ0n) is 14.3. The fourth-order valence-electron chi connectivity index (χ4n) is 3.08. The van der Waals surface area contributed by atoms with Crippen LogP contribution in [0.4, 0.5) is 11.4 Å². The summed E-state index contributed by atoms with van der Waals surface area (Å²) in [5.41, 5.74) is 0.403. The Bertz CT molecular complexity index is 1360. The lowest BCUT2D eigenvalue weighted by Crippen LogP contribution is -1.98. The maximum atomic E-state index is 11.8. The Kier molecular flexibility index (Phi) is 4.21. The first-order valence-corrected chi connectivity index (χ1v) is 9.64. The third kappa shape index (κ3) is 3.15. The van der Waals surface area contributed by atoms with Crippen LogP contribution in [0.2, 0.25) is 0 Å². The minimum Gasteiger partial charge on any atom is -0.508 e. The molecule has 0 aliphatic carbocycles. The summed E-state index contributed by atoms with van der Waals surface area (Å²) in [6.07, 6.45) is 0. The molecule has 0 unspecified atom stereocenters. The van der Waals surface area contributed by atoms with E-state index in [1.165, 1.54) is 30.3 Å². The van der Waals surface area contributed by atoms with Gasteiger partial charge >= 0.3 is 0 Å². The van der Waals surface area contributed by atoms with E-state index in [0.29, 0.717) is 16.2 Å². The molecule has 0 atom stereocenters. The van der Waals surface area contributed by atoms with Crippen LogP contribution in [0.3, 0.4) is 0 Å². The molecule has 7 nitrogen and oxygen atoms in total. The molecule has 0 radical (unpaired) electrons. The zero-order valence-corrected chi connectivity index (χ0v) is 15.1. The van der Waals surface area contributed by atoms with Gasteiger partial charge < -0.3 is 10.2 Å². The minimum atomic E-state index is -4.46. The second-order valence-electron chi connectivity index (χ2n) is 6.15. The molecule has 0 fully saturated rings. The summed E-state index contributed by atoms with van der Waals surface area (Å²) in [7, 11) is -4.46. The summed E-state index contributed by atoms with van der Waals surface area (Å²) in [6, 6.07) is 17.1. The van der Waals surface area contributed by atoms with Crippen LogP contribution in [-0.2, 0) is 10.1 Å². The van der Waals surface area contributed by atoms with Gasteiger partial charge in [-0.3, -0.25) is 4.55 Å². The number of nitrogens with zero attached hydrogens (tertiary/aromatic N) is 2. The van der Waals surface area contributed by atoms with Crippen molar-refractivity contribution in [1.29, 1.82) is 0 Å². The number of hydrogen-bond acceptors (Lipinski definition) is 6. The smallest absolute Gasteiger partial charge is 0.295 e. The average molecular weight is 394 g/mol. The number of fused-ring (bicyclic) bond motifs is 2. The van der Waals surface area contributed by atoms with Gasteiger partial charge in [-0.2, -0.15) is 8.42 Å². The number of azo groups is 1. The molecule has 0 spiro atoms. The highest BCUT2D eigenvalue weighted by Gasteiger charge is 2.16. The van der Waals surface area contributed by atoms with Crippen LogP contribution in [0, 0.1) is 0 Å². The highest BCUT2D eigenvalue weighted by molar-refractivity contribution is 7.86. The lowest BCUT2D eigenvalue weighted by atomic mass is 10.1. The largest absolute Gasteiger partial charge is 0.508 e. The van der Waals surface area contributed by atoms with Crippen LogP contribution >= 0.6 is 0 Å². The average Bonchev–Trinajstić information content (AvgIpc) is 2.66. The van der Waals surface area contributed by atoms with Gasteiger partial charge in [0.15, 0.2) is 0 Å². The molecule has 0 amide bonds. The van der Waals surface area contributed by atoms with Crippen molar-refractivity contribution in [3.8, 4) is 11.5 Å². The molecule has 4 rings (SSSR count). The monoisotopic (exact) mass is 394 g/mol. The number of hydrogen-bond donors (Lipinski definition) is 3. The van der Waals surface area contributed by atoms with E-state index in [9.17, 15) is 23.2 Å². The van der Waals surface area contributed by atoms with Crippen LogP contribution in [0.1, 0.15) is 0 Å². The third-order valence-electron chi connectivity index (χ3n) is 4.33. The van der Waals surface area contributed by atoms with Crippen molar-refractivity contribution >= 4 is 43.0 Å². The van der Waals surface area contributed by atoms with E-state index in [-0.39, 0.29) is 33.2 Å². The summed E-state index contributed by atoms with van der Waals surface area (Å²) < 4.78 is 33.1. The Hall–Kier alpha value is -3.49. The van der Waals surface area contributed by atoms with Gasteiger partial charge in [-0.05, 0) is 47.2 Å². The lowest BCUT2D eigenvalue weighted by Gasteiger charge is -2.07. The second kappa shape index (κ2) is 6.59.